The van der Waals surface area contributed by atoms with Gasteiger partial charge in [0.05, 0.1) is 0 Å². The van der Waals surface area contributed by atoms with Crippen molar-refractivity contribution in [1.82, 2.24) is 0 Å². The minimum absolute atomic E-state index is 0.135. The molecule has 0 aromatic rings. The summed E-state index contributed by atoms with van der Waals surface area (Å²) in [7, 11) is 0. The number of carbonyl (C=O) groups excluding carboxylic acids is 3. The Kier molecular flexibility index (Phi) is 49.6. The summed E-state index contributed by atoms with van der Waals surface area (Å²) in [6.07, 6.45) is 74.5. The summed E-state index contributed by atoms with van der Waals surface area (Å²) in [5, 5.41) is 0. The number of carbonyl (C=O) groups is 3. The zero-order chi connectivity index (χ0) is 47.9. The Balaban J connectivity index is 4.61. The molecule has 0 heterocycles. The SMILES string of the molecule is CC/C=C/C=C/C=C/C=C/C=C/CCCC(=O)OCC(COC(=O)CCCCCCC/C=C/C=C/CCCCCCCCC)OC(=O)CCC/C=C/C/C=C/C/C=C/C/C=C/CCCCC. The fourth-order valence-corrected chi connectivity index (χ4v) is 6.57. The highest BCUT2D eigenvalue weighted by Crippen LogP contribution is 2.12. The Morgan fingerprint density at radius 2 is 0.667 bits per heavy atom. The first kappa shape index (κ1) is 61.5. The van der Waals surface area contributed by atoms with Gasteiger partial charge in [0, 0.05) is 19.3 Å². The highest BCUT2D eigenvalue weighted by atomic mass is 16.6. The fourth-order valence-electron chi connectivity index (χ4n) is 6.57. The van der Waals surface area contributed by atoms with Gasteiger partial charge in [0.2, 0.25) is 0 Å². The molecule has 6 nitrogen and oxygen atoms in total. The number of hydrogen-bond donors (Lipinski definition) is 0. The smallest absolute Gasteiger partial charge is 0.306 e. The molecule has 0 N–H and O–H groups in total. The van der Waals surface area contributed by atoms with Crippen molar-refractivity contribution >= 4 is 17.9 Å². The lowest BCUT2D eigenvalue weighted by Crippen LogP contribution is -2.30. The van der Waals surface area contributed by atoms with E-state index in [2.05, 4.69) is 99.8 Å². The maximum atomic E-state index is 12.8. The van der Waals surface area contributed by atoms with Crippen LogP contribution in [0.3, 0.4) is 0 Å². The van der Waals surface area contributed by atoms with Crippen molar-refractivity contribution in [2.75, 3.05) is 13.2 Å². The zero-order valence-electron chi connectivity index (χ0n) is 42.1. The van der Waals surface area contributed by atoms with Gasteiger partial charge in [-0.05, 0) is 96.3 Å². The molecular formula is C60H94O6. The summed E-state index contributed by atoms with van der Waals surface area (Å²) in [5.74, 6) is -1.09. The average Bonchev–Trinajstić information content (AvgIpc) is 3.31. The van der Waals surface area contributed by atoms with Crippen molar-refractivity contribution in [1.29, 1.82) is 0 Å². The number of esters is 3. The predicted octanol–water partition coefficient (Wildman–Crippen LogP) is 17.5. The molecule has 0 aliphatic carbocycles. The Hall–Kier alpha value is -4.45. The van der Waals surface area contributed by atoms with Crippen LogP contribution in [0.25, 0.3) is 0 Å². The normalized spacial score (nSPS) is 13.2. The first-order valence-corrected chi connectivity index (χ1v) is 26.3. The zero-order valence-corrected chi connectivity index (χ0v) is 42.1. The van der Waals surface area contributed by atoms with Crippen molar-refractivity contribution in [3.05, 3.63) is 134 Å². The summed E-state index contributed by atoms with van der Waals surface area (Å²) in [4.78, 5) is 38.0. The van der Waals surface area contributed by atoms with E-state index in [-0.39, 0.29) is 38.0 Å². The molecule has 0 fully saturated rings. The molecule has 370 valence electrons. The Morgan fingerprint density at radius 3 is 1.18 bits per heavy atom. The fraction of sp³-hybridized carbons (Fsp3) is 0.583. The summed E-state index contributed by atoms with van der Waals surface area (Å²) in [6, 6.07) is 0. The maximum absolute atomic E-state index is 12.8. The minimum Gasteiger partial charge on any atom is -0.462 e. The van der Waals surface area contributed by atoms with Gasteiger partial charge in [0.25, 0.3) is 0 Å². The van der Waals surface area contributed by atoms with Crippen molar-refractivity contribution in [2.24, 2.45) is 0 Å². The van der Waals surface area contributed by atoms with Gasteiger partial charge in [-0.15, -0.1) is 0 Å². The number of hydrogen-bond acceptors (Lipinski definition) is 6. The standard InChI is InChI=1S/C60H94O6/c1-4-7-10-13-16-19-22-25-27-29-31-32-35-38-41-44-47-50-53-59(62)65-56-57(55-64-58(61)52-49-46-43-40-37-34-24-21-18-15-12-9-6-3)66-60(63)54-51-48-45-42-39-36-33-30-28-26-23-20-17-14-11-8-5-2/h9,12,15,17-18,20-21,24,26-29,31-34,36-37,40,42-43,45,57H,4-8,10-11,13-14,16,19,22-23,25,30,35,38-39,41,44,46-56H2,1-3H3/b12-9+,18-15+,20-17+,24-21+,28-26+,29-27+,32-31+,36-33+,37-34+,43-40+,45-42+. The molecule has 0 aliphatic rings. The lowest BCUT2D eigenvalue weighted by molar-refractivity contribution is -0.167. The molecule has 6 heteroatoms. The van der Waals surface area contributed by atoms with Crippen molar-refractivity contribution in [2.45, 2.75) is 213 Å². The molecule has 1 unspecified atom stereocenters. The van der Waals surface area contributed by atoms with Crippen LogP contribution in [0.2, 0.25) is 0 Å². The molecule has 0 amide bonds. The van der Waals surface area contributed by atoms with Gasteiger partial charge in [-0.25, -0.2) is 0 Å². The van der Waals surface area contributed by atoms with E-state index in [1.165, 1.54) is 77.0 Å². The quantitative estimate of drug-likeness (QED) is 0.0199. The van der Waals surface area contributed by atoms with Gasteiger partial charge in [0.15, 0.2) is 6.10 Å². The number of unbranched alkanes of at least 4 members (excludes halogenated alkanes) is 17. The van der Waals surface area contributed by atoms with Gasteiger partial charge < -0.3 is 14.2 Å². The summed E-state index contributed by atoms with van der Waals surface area (Å²) < 4.78 is 16.7. The van der Waals surface area contributed by atoms with E-state index in [4.69, 9.17) is 14.2 Å². The van der Waals surface area contributed by atoms with Crippen LogP contribution in [-0.4, -0.2) is 37.2 Å². The number of ether oxygens (including phenoxy) is 3. The maximum Gasteiger partial charge on any atom is 0.306 e. The van der Waals surface area contributed by atoms with Gasteiger partial charge >= 0.3 is 17.9 Å². The van der Waals surface area contributed by atoms with E-state index in [9.17, 15) is 14.4 Å². The van der Waals surface area contributed by atoms with Crippen LogP contribution >= 0.6 is 0 Å². The highest BCUT2D eigenvalue weighted by Gasteiger charge is 2.19. The van der Waals surface area contributed by atoms with Crippen molar-refractivity contribution in [3.63, 3.8) is 0 Å². The molecule has 0 bridgehead atoms. The number of rotatable bonds is 45. The number of allylic oxidation sites excluding steroid dienone is 22. The monoisotopic (exact) mass is 911 g/mol. The molecule has 0 rings (SSSR count). The van der Waals surface area contributed by atoms with Crippen LogP contribution in [0.15, 0.2) is 134 Å². The van der Waals surface area contributed by atoms with E-state index < -0.39 is 12.1 Å². The molecule has 0 aliphatic heterocycles. The first-order chi connectivity index (χ1) is 32.5. The largest absolute Gasteiger partial charge is 0.462 e. The molecule has 0 saturated carbocycles. The predicted molar refractivity (Wildman–Crippen MR) is 283 cm³/mol. The lowest BCUT2D eigenvalue weighted by Gasteiger charge is -2.18. The van der Waals surface area contributed by atoms with Crippen LogP contribution in [-0.2, 0) is 28.6 Å². The average molecular weight is 911 g/mol. The second-order valence-electron chi connectivity index (χ2n) is 16.8. The summed E-state index contributed by atoms with van der Waals surface area (Å²) in [6.45, 7) is 6.32. The second-order valence-corrected chi connectivity index (χ2v) is 16.8. The van der Waals surface area contributed by atoms with E-state index in [0.717, 1.165) is 77.0 Å². The molecule has 0 saturated heterocycles. The topological polar surface area (TPSA) is 78.9 Å². The third kappa shape index (κ3) is 50.5. The van der Waals surface area contributed by atoms with Gasteiger partial charge in [-0.3, -0.25) is 14.4 Å². The third-order valence-corrected chi connectivity index (χ3v) is 10.5. The van der Waals surface area contributed by atoms with E-state index >= 15 is 0 Å². The Morgan fingerprint density at radius 1 is 0.333 bits per heavy atom. The molecule has 0 aromatic heterocycles. The van der Waals surface area contributed by atoms with Gasteiger partial charge in [0.1, 0.15) is 13.2 Å². The van der Waals surface area contributed by atoms with Gasteiger partial charge in [-0.2, -0.15) is 0 Å². The third-order valence-electron chi connectivity index (χ3n) is 10.5. The van der Waals surface area contributed by atoms with Crippen molar-refractivity contribution in [3.8, 4) is 0 Å². The van der Waals surface area contributed by atoms with Crippen LogP contribution in [0.5, 0.6) is 0 Å². The second kappa shape index (κ2) is 53.2. The summed E-state index contributed by atoms with van der Waals surface area (Å²) >= 11 is 0. The van der Waals surface area contributed by atoms with Gasteiger partial charge in [-0.1, -0.05) is 225 Å². The van der Waals surface area contributed by atoms with Crippen LogP contribution < -0.4 is 0 Å². The van der Waals surface area contributed by atoms with Crippen LogP contribution in [0.4, 0.5) is 0 Å². The first-order valence-electron chi connectivity index (χ1n) is 26.3. The molecule has 0 aromatic carbocycles. The molecule has 66 heavy (non-hydrogen) atoms. The molecule has 0 spiro atoms. The highest BCUT2D eigenvalue weighted by molar-refractivity contribution is 5.71. The lowest BCUT2D eigenvalue weighted by atomic mass is 10.1. The molecule has 1 atom stereocenters. The Labute approximate surface area is 405 Å². The molecular weight excluding hydrogens is 817 g/mol. The summed E-state index contributed by atoms with van der Waals surface area (Å²) in [5.41, 5.74) is 0. The van der Waals surface area contributed by atoms with Crippen molar-refractivity contribution < 1.29 is 28.6 Å². The Bertz CT molecular complexity index is 1460. The van der Waals surface area contributed by atoms with E-state index in [1.807, 2.05) is 54.7 Å². The van der Waals surface area contributed by atoms with E-state index in [1.54, 1.807) is 0 Å². The van der Waals surface area contributed by atoms with Crippen LogP contribution in [0.1, 0.15) is 207 Å². The van der Waals surface area contributed by atoms with Crippen LogP contribution in [0, 0.1) is 0 Å². The minimum atomic E-state index is -0.847. The van der Waals surface area contributed by atoms with E-state index in [0.29, 0.717) is 19.3 Å². The molecule has 0 radical (unpaired) electrons.